The first-order valence-corrected chi connectivity index (χ1v) is 8.42. The van der Waals surface area contributed by atoms with Gasteiger partial charge in [0, 0.05) is 5.69 Å². The topological polar surface area (TPSA) is 75.9 Å². The van der Waals surface area contributed by atoms with E-state index < -0.39 is 0 Å². The van der Waals surface area contributed by atoms with Gasteiger partial charge in [-0.2, -0.15) is 4.65 Å². The average Bonchev–Trinajstić information content (AvgIpc) is 3.03. The second kappa shape index (κ2) is 5.82. The van der Waals surface area contributed by atoms with Crippen LogP contribution in [0.15, 0.2) is 41.5 Å². The number of imidazole rings is 1. The molecule has 2 aromatic heterocycles. The molecule has 2 heterocycles. The summed E-state index contributed by atoms with van der Waals surface area (Å²) in [4.78, 5) is 17.7. The number of ether oxygens (including phenoxy) is 1. The number of hydrogen-bond donors (Lipinski definition) is 2. The Hall–Kier alpha value is -2.90. The summed E-state index contributed by atoms with van der Waals surface area (Å²) >= 11 is 0. The van der Waals surface area contributed by atoms with Gasteiger partial charge in [0.15, 0.2) is 5.43 Å². The lowest BCUT2D eigenvalue weighted by Crippen LogP contribution is -2.39. The molecule has 0 spiro atoms. The molecule has 0 aliphatic carbocycles. The monoisotopic (exact) mass is 353 g/mol. The molecule has 4 rings (SSSR count). The lowest BCUT2D eigenvalue weighted by Gasteiger charge is -2.20. The first kappa shape index (κ1) is 16.6. The lowest BCUT2D eigenvalue weighted by atomic mass is 10.1. The third-order valence-corrected chi connectivity index (χ3v) is 4.62. The van der Waals surface area contributed by atoms with E-state index in [1.54, 1.807) is 33.6 Å². The maximum Gasteiger partial charge on any atom is 0.199 e. The minimum absolute atomic E-state index is 0.0576. The fraction of sp³-hybridized carbons (Fsp3) is 0.263. The van der Waals surface area contributed by atoms with Crippen LogP contribution in [-0.4, -0.2) is 53.5 Å². The van der Waals surface area contributed by atoms with Crippen molar-refractivity contribution in [2.45, 2.75) is 0 Å². The zero-order chi connectivity index (χ0) is 18.5. The molecule has 0 saturated carbocycles. The van der Waals surface area contributed by atoms with Crippen LogP contribution in [0.1, 0.15) is 0 Å². The Kier molecular flexibility index (Phi) is 3.71. The van der Waals surface area contributed by atoms with Gasteiger partial charge in [0.25, 0.3) is 0 Å². The van der Waals surface area contributed by atoms with E-state index in [9.17, 15) is 10.0 Å². The highest BCUT2D eigenvalue weighted by Gasteiger charge is 2.17. The number of nitrogens with zero attached hydrogens (tertiary/aromatic N) is 3. The Labute approximate surface area is 149 Å². The highest BCUT2D eigenvalue weighted by molar-refractivity contribution is 6.07. The number of hydroxylamine groups is 3. The Bertz CT molecular complexity index is 1160. The number of anilines is 1. The summed E-state index contributed by atoms with van der Waals surface area (Å²) in [6.45, 7) is 1.05. The summed E-state index contributed by atoms with van der Waals surface area (Å²) in [7, 11) is 5.00. The fourth-order valence-electron chi connectivity index (χ4n) is 3.30. The number of quaternary nitrogens is 1. The normalized spacial score (nSPS) is 12.3. The molecule has 2 aromatic carbocycles. The van der Waals surface area contributed by atoms with Gasteiger partial charge in [-0.15, -0.1) is 0 Å². The second-order valence-electron chi connectivity index (χ2n) is 6.95. The number of fused-ring (bicyclic) bond motifs is 2. The van der Waals surface area contributed by atoms with Crippen LogP contribution in [0.3, 0.4) is 0 Å². The molecule has 0 aliphatic heterocycles. The van der Waals surface area contributed by atoms with Gasteiger partial charge in [-0.3, -0.25) is 9.20 Å². The van der Waals surface area contributed by atoms with Crippen molar-refractivity contribution in [2.75, 3.05) is 39.6 Å². The van der Waals surface area contributed by atoms with Gasteiger partial charge in [0.2, 0.25) is 0 Å². The van der Waals surface area contributed by atoms with Crippen LogP contribution in [0.5, 0.6) is 5.75 Å². The van der Waals surface area contributed by atoms with E-state index in [0.29, 0.717) is 29.6 Å². The molecule has 0 aliphatic rings. The van der Waals surface area contributed by atoms with Crippen molar-refractivity contribution >= 4 is 33.0 Å². The predicted molar refractivity (Wildman–Crippen MR) is 101 cm³/mol. The minimum atomic E-state index is -0.142. The number of nitrogens with one attached hydrogen (secondary N) is 1. The fourth-order valence-corrected chi connectivity index (χ4v) is 3.30. The summed E-state index contributed by atoms with van der Waals surface area (Å²) in [5.41, 5.74) is 3.06. The van der Waals surface area contributed by atoms with Crippen LogP contribution in [0, 0.1) is 0 Å². The summed E-state index contributed by atoms with van der Waals surface area (Å²) < 4.78 is 7.08. The molecule has 0 unspecified atom stereocenters. The number of benzene rings is 2. The van der Waals surface area contributed by atoms with Crippen molar-refractivity contribution < 1.29 is 14.6 Å². The lowest BCUT2D eigenvalue weighted by molar-refractivity contribution is -1.07. The van der Waals surface area contributed by atoms with Crippen molar-refractivity contribution in [3.05, 3.63) is 46.9 Å². The van der Waals surface area contributed by atoms with Gasteiger partial charge in [0.05, 0.1) is 55.1 Å². The Morgan fingerprint density at radius 3 is 2.81 bits per heavy atom. The van der Waals surface area contributed by atoms with Gasteiger partial charge in [-0.1, -0.05) is 0 Å². The van der Waals surface area contributed by atoms with E-state index in [1.165, 1.54) is 0 Å². The average molecular weight is 353 g/mol. The molecule has 0 atom stereocenters. The molecular weight excluding hydrogens is 332 g/mol. The van der Waals surface area contributed by atoms with E-state index in [1.807, 2.05) is 28.7 Å². The van der Waals surface area contributed by atoms with Crippen LogP contribution in [-0.2, 0) is 0 Å². The largest absolute Gasteiger partial charge is 0.497 e. The molecule has 7 heteroatoms. The maximum absolute atomic E-state index is 13.3. The molecule has 0 radical (unpaired) electrons. The smallest absolute Gasteiger partial charge is 0.199 e. The Morgan fingerprint density at radius 2 is 2.08 bits per heavy atom. The summed E-state index contributed by atoms with van der Waals surface area (Å²) in [6, 6.07) is 9.25. The predicted octanol–water partition coefficient (Wildman–Crippen LogP) is 2.32. The van der Waals surface area contributed by atoms with Crippen LogP contribution in [0.4, 0.5) is 5.69 Å². The Morgan fingerprint density at radius 1 is 1.27 bits per heavy atom. The number of rotatable bonds is 5. The molecule has 0 fully saturated rings. The molecule has 2 N–H and O–H groups in total. The summed E-state index contributed by atoms with van der Waals surface area (Å²) in [6.07, 6.45) is 1.74. The Balaban J connectivity index is 1.96. The van der Waals surface area contributed by atoms with Gasteiger partial charge < -0.3 is 10.1 Å². The van der Waals surface area contributed by atoms with Crippen molar-refractivity contribution in [2.24, 2.45) is 0 Å². The third kappa shape index (κ3) is 2.61. The summed E-state index contributed by atoms with van der Waals surface area (Å²) in [5, 5.41) is 14.3. The van der Waals surface area contributed by atoms with Crippen LogP contribution >= 0.6 is 0 Å². The van der Waals surface area contributed by atoms with E-state index in [-0.39, 0.29) is 10.1 Å². The van der Waals surface area contributed by atoms with E-state index in [4.69, 9.17) is 4.74 Å². The van der Waals surface area contributed by atoms with Crippen molar-refractivity contribution in [1.29, 1.82) is 0 Å². The molecule has 0 saturated heterocycles. The molecule has 7 nitrogen and oxygen atoms in total. The maximum atomic E-state index is 13.3. The van der Waals surface area contributed by atoms with Gasteiger partial charge in [-0.05, 0) is 30.3 Å². The van der Waals surface area contributed by atoms with Crippen LogP contribution in [0.25, 0.3) is 27.3 Å². The van der Waals surface area contributed by atoms with E-state index >= 15 is 0 Å². The van der Waals surface area contributed by atoms with Gasteiger partial charge in [0.1, 0.15) is 18.6 Å². The molecular formula is C19H21N4O3+. The van der Waals surface area contributed by atoms with Crippen LogP contribution in [0.2, 0.25) is 0 Å². The number of likely N-dealkylation sites (N-methyl/N-ethyl adjacent to an activating group) is 1. The SMILES string of the molecule is COc1ccc2c(c1)c(=O)c1c(NCC[N+](C)(C)O)ccc3ncn2c31. The molecule has 0 bridgehead atoms. The number of aromatic nitrogens is 2. The van der Waals surface area contributed by atoms with Crippen molar-refractivity contribution in [1.82, 2.24) is 9.38 Å². The number of hydrogen-bond acceptors (Lipinski definition) is 5. The van der Waals surface area contributed by atoms with Gasteiger partial charge >= 0.3 is 0 Å². The first-order chi connectivity index (χ1) is 12.4. The third-order valence-electron chi connectivity index (χ3n) is 4.62. The number of methoxy groups -OCH3 is 1. The zero-order valence-corrected chi connectivity index (χ0v) is 15.0. The quantitative estimate of drug-likeness (QED) is 0.327. The molecule has 134 valence electrons. The van der Waals surface area contributed by atoms with Crippen LogP contribution < -0.4 is 15.5 Å². The summed E-state index contributed by atoms with van der Waals surface area (Å²) in [5.74, 6) is 0.640. The van der Waals surface area contributed by atoms with Crippen molar-refractivity contribution in [3.63, 3.8) is 0 Å². The first-order valence-electron chi connectivity index (χ1n) is 8.42. The molecule has 0 amide bonds. The zero-order valence-electron chi connectivity index (χ0n) is 15.0. The molecule has 4 aromatic rings. The van der Waals surface area contributed by atoms with Gasteiger partial charge in [-0.25, -0.2) is 10.2 Å². The molecule has 26 heavy (non-hydrogen) atoms. The second-order valence-corrected chi connectivity index (χ2v) is 6.95. The minimum Gasteiger partial charge on any atom is -0.497 e. The standard InChI is InChI=1S/C19H20N4O3/c1-23(2,25)9-8-20-14-5-6-15-18-17(14)19(24)13-10-12(26-3)4-7-16(13)22(18)11-21-15/h4-7,10-11,25H,8-9H2,1-3H3/p+1. The van der Waals surface area contributed by atoms with Crippen molar-refractivity contribution in [3.8, 4) is 5.75 Å². The van der Waals surface area contributed by atoms with E-state index in [2.05, 4.69) is 10.3 Å². The number of pyridine rings is 1. The highest BCUT2D eigenvalue weighted by atomic mass is 16.5. The van der Waals surface area contributed by atoms with E-state index in [0.717, 1.165) is 22.2 Å². The highest BCUT2D eigenvalue weighted by Crippen LogP contribution is 2.29.